The number of benzene rings is 1. The van der Waals surface area contributed by atoms with Gasteiger partial charge in [-0.25, -0.2) is 4.39 Å². The van der Waals surface area contributed by atoms with Crippen LogP contribution in [0.1, 0.15) is 5.56 Å². The summed E-state index contributed by atoms with van der Waals surface area (Å²) in [7, 11) is 0. The zero-order valence-electron chi connectivity index (χ0n) is 5.68. The van der Waals surface area contributed by atoms with Crippen LogP contribution in [0.15, 0.2) is 18.2 Å². The van der Waals surface area contributed by atoms with Gasteiger partial charge in [0.05, 0.1) is 0 Å². The first-order valence-electron chi connectivity index (χ1n) is 2.88. The fourth-order valence-electron chi connectivity index (χ4n) is 0.687. The minimum Gasteiger partial charge on any atom is -0.326 e. The van der Waals surface area contributed by atoms with E-state index in [1.54, 1.807) is 12.1 Å². The normalized spacial score (nSPS) is 9.00. The third-order valence-corrected chi connectivity index (χ3v) is 1.47. The van der Waals surface area contributed by atoms with E-state index in [1.165, 1.54) is 6.07 Å². The Kier molecular flexibility index (Phi) is 4.42. The lowest BCUT2D eigenvalue weighted by Crippen LogP contribution is -1.98. The topological polar surface area (TPSA) is 26.0 Å². The van der Waals surface area contributed by atoms with Gasteiger partial charge in [0.2, 0.25) is 0 Å². The van der Waals surface area contributed by atoms with Crippen molar-refractivity contribution < 1.29 is 4.39 Å². The molecule has 11 heavy (non-hydrogen) atoms. The fourth-order valence-corrected chi connectivity index (χ4v) is 0.846. The van der Waals surface area contributed by atoms with Crippen LogP contribution in [-0.4, -0.2) is 0 Å². The number of hydrogen-bond acceptors (Lipinski definition) is 1. The molecule has 0 saturated heterocycles. The molecule has 1 rings (SSSR count). The molecule has 0 aliphatic carbocycles. The summed E-state index contributed by atoms with van der Waals surface area (Å²) in [5.74, 6) is -0.338. The molecule has 0 bridgehead atoms. The van der Waals surface area contributed by atoms with E-state index in [4.69, 9.17) is 17.3 Å². The molecule has 0 aliphatic rings. The minimum atomic E-state index is -0.338. The van der Waals surface area contributed by atoms with Crippen molar-refractivity contribution in [3.8, 4) is 0 Å². The summed E-state index contributed by atoms with van der Waals surface area (Å²) in [6, 6.07) is 4.45. The lowest BCUT2D eigenvalue weighted by atomic mass is 10.2. The second-order valence-electron chi connectivity index (χ2n) is 1.94. The highest BCUT2D eigenvalue weighted by molar-refractivity contribution is 6.30. The van der Waals surface area contributed by atoms with Crippen molar-refractivity contribution in [3.63, 3.8) is 0 Å². The van der Waals surface area contributed by atoms with Crippen molar-refractivity contribution in [1.82, 2.24) is 0 Å². The van der Waals surface area contributed by atoms with Gasteiger partial charge in [-0.2, -0.15) is 0 Å². The van der Waals surface area contributed by atoms with Gasteiger partial charge in [0.1, 0.15) is 5.82 Å². The van der Waals surface area contributed by atoms with Crippen molar-refractivity contribution in [1.29, 1.82) is 0 Å². The predicted octanol–water partition coefficient (Wildman–Crippen LogP) is 2.36. The maximum absolute atomic E-state index is 12.7. The molecular weight excluding hydrogens is 188 g/mol. The van der Waals surface area contributed by atoms with Crippen molar-refractivity contribution in [2.45, 2.75) is 6.54 Å². The van der Waals surface area contributed by atoms with E-state index in [2.05, 4.69) is 0 Å². The first-order valence-corrected chi connectivity index (χ1v) is 3.26. The Hall–Kier alpha value is -0.310. The van der Waals surface area contributed by atoms with E-state index in [9.17, 15) is 4.39 Å². The molecule has 0 amide bonds. The molecule has 1 aromatic rings. The summed E-state index contributed by atoms with van der Waals surface area (Å²) in [6.45, 7) is 0.211. The number of halogens is 3. The summed E-state index contributed by atoms with van der Waals surface area (Å²) in [5.41, 5.74) is 5.71. The van der Waals surface area contributed by atoms with Crippen LogP contribution in [0.5, 0.6) is 0 Å². The predicted molar refractivity (Wildman–Crippen MR) is 46.5 cm³/mol. The largest absolute Gasteiger partial charge is 0.326 e. The maximum atomic E-state index is 12.7. The third-order valence-electron chi connectivity index (χ3n) is 1.24. The Bertz CT molecular complexity index is 240. The van der Waals surface area contributed by atoms with E-state index in [-0.39, 0.29) is 24.8 Å². The van der Waals surface area contributed by atoms with E-state index < -0.39 is 0 Å². The van der Waals surface area contributed by atoms with Gasteiger partial charge >= 0.3 is 0 Å². The van der Waals surface area contributed by atoms with Gasteiger partial charge in [-0.1, -0.05) is 17.7 Å². The van der Waals surface area contributed by atoms with Gasteiger partial charge in [0.25, 0.3) is 0 Å². The van der Waals surface area contributed by atoms with Crippen LogP contribution in [0.4, 0.5) is 4.39 Å². The summed E-state index contributed by atoms with van der Waals surface area (Å²) in [5, 5.41) is 0.398. The van der Waals surface area contributed by atoms with Crippen LogP contribution in [0, 0.1) is 5.82 Å². The Morgan fingerprint density at radius 2 is 2.09 bits per heavy atom. The molecule has 2 N–H and O–H groups in total. The van der Waals surface area contributed by atoms with Gasteiger partial charge in [-0.05, 0) is 12.1 Å². The Morgan fingerprint density at radius 1 is 1.45 bits per heavy atom. The van der Waals surface area contributed by atoms with E-state index >= 15 is 0 Å². The molecule has 0 aromatic heterocycles. The van der Waals surface area contributed by atoms with Gasteiger partial charge in [0.15, 0.2) is 0 Å². The highest BCUT2D eigenvalue weighted by Crippen LogP contribution is 2.13. The summed E-state index contributed by atoms with van der Waals surface area (Å²) >= 11 is 5.49. The van der Waals surface area contributed by atoms with Crippen LogP contribution in [-0.2, 0) is 6.54 Å². The molecule has 0 heterocycles. The molecule has 0 fully saturated rings. The lowest BCUT2D eigenvalue weighted by Gasteiger charge is -1.97. The molecule has 0 radical (unpaired) electrons. The van der Waals surface area contributed by atoms with E-state index in [0.717, 1.165) is 0 Å². The number of rotatable bonds is 1. The first-order chi connectivity index (χ1) is 4.74. The molecule has 0 unspecified atom stereocenters. The van der Waals surface area contributed by atoms with Gasteiger partial charge < -0.3 is 5.73 Å². The van der Waals surface area contributed by atoms with E-state index in [0.29, 0.717) is 10.6 Å². The lowest BCUT2D eigenvalue weighted by molar-refractivity contribution is 0.611. The third kappa shape index (κ3) is 2.66. The molecule has 1 nitrogen and oxygen atoms in total. The molecule has 0 spiro atoms. The monoisotopic (exact) mass is 195 g/mol. The standard InChI is InChI=1S/C7H7ClFN.ClH/c8-6-2-1-5(4-10)7(9)3-6;/h1-3H,4,10H2;1H. The molecule has 4 heteroatoms. The van der Waals surface area contributed by atoms with Crippen LogP contribution in [0.2, 0.25) is 5.02 Å². The van der Waals surface area contributed by atoms with Crippen molar-refractivity contribution in [2.75, 3.05) is 0 Å². The number of nitrogens with two attached hydrogens (primary N) is 1. The Labute approximate surface area is 75.8 Å². The van der Waals surface area contributed by atoms with Crippen molar-refractivity contribution in [2.24, 2.45) is 5.73 Å². The zero-order valence-corrected chi connectivity index (χ0v) is 7.25. The molecular formula is C7H8Cl2FN. The highest BCUT2D eigenvalue weighted by Gasteiger charge is 1.98. The van der Waals surface area contributed by atoms with Crippen molar-refractivity contribution >= 4 is 24.0 Å². The minimum absolute atomic E-state index is 0. The molecule has 0 aliphatic heterocycles. The molecule has 0 saturated carbocycles. The van der Waals surface area contributed by atoms with Gasteiger partial charge in [-0.15, -0.1) is 12.4 Å². The molecule has 1 aromatic carbocycles. The van der Waals surface area contributed by atoms with Crippen molar-refractivity contribution in [3.05, 3.63) is 34.6 Å². The smallest absolute Gasteiger partial charge is 0.129 e. The van der Waals surface area contributed by atoms with E-state index in [1.807, 2.05) is 0 Å². The number of hydrogen-bond donors (Lipinski definition) is 1. The second-order valence-corrected chi connectivity index (χ2v) is 2.38. The van der Waals surface area contributed by atoms with Gasteiger partial charge in [-0.3, -0.25) is 0 Å². The Morgan fingerprint density at radius 3 is 2.55 bits per heavy atom. The summed E-state index contributed by atoms with van der Waals surface area (Å²) in [6.07, 6.45) is 0. The Balaban J connectivity index is 0.000001000. The average Bonchev–Trinajstić information content (AvgIpc) is 1.88. The van der Waals surface area contributed by atoms with Gasteiger partial charge in [0, 0.05) is 17.1 Å². The maximum Gasteiger partial charge on any atom is 0.129 e. The summed E-state index contributed by atoms with van der Waals surface area (Å²) < 4.78 is 12.7. The molecule has 0 atom stereocenters. The second kappa shape index (κ2) is 4.54. The quantitative estimate of drug-likeness (QED) is 0.732. The zero-order chi connectivity index (χ0) is 7.56. The van der Waals surface area contributed by atoms with Crippen LogP contribution < -0.4 is 5.73 Å². The average molecular weight is 196 g/mol. The van der Waals surface area contributed by atoms with Crippen LogP contribution in [0.25, 0.3) is 0 Å². The molecule has 62 valence electrons. The highest BCUT2D eigenvalue weighted by atomic mass is 35.5. The van der Waals surface area contributed by atoms with Crippen LogP contribution in [0.3, 0.4) is 0 Å². The fraction of sp³-hybridized carbons (Fsp3) is 0.143. The first kappa shape index (κ1) is 10.7. The SMILES string of the molecule is Cl.NCc1ccc(Cl)cc1F. The van der Waals surface area contributed by atoms with Crippen LogP contribution >= 0.6 is 24.0 Å². The summed E-state index contributed by atoms with van der Waals surface area (Å²) in [4.78, 5) is 0.